The van der Waals surface area contributed by atoms with Crippen molar-refractivity contribution in [2.45, 2.75) is 43.3 Å². The Morgan fingerprint density at radius 1 is 1.07 bits per heavy atom. The van der Waals surface area contributed by atoms with Crippen molar-refractivity contribution < 1.29 is 26.4 Å². The van der Waals surface area contributed by atoms with Gasteiger partial charge < -0.3 is 4.90 Å². The van der Waals surface area contributed by atoms with Gasteiger partial charge in [-0.3, -0.25) is 4.79 Å². The van der Waals surface area contributed by atoms with Gasteiger partial charge in [-0.1, -0.05) is 31.2 Å². The third-order valence-electron chi connectivity index (χ3n) is 4.93. The van der Waals surface area contributed by atoms with Crippen LogP contribution in [0.5, 0.6) is 0 Å². The first-order valence-electron chi connectivity index (χ1n) is 8.86. The predicted molar refractivity (Wildman–Crippen MR) is 103 cm³/mol. The van der Waals surface area contributed by atoms with E-state index in [4.69, 9.17) is 5.14 Å². The molecule has 0 radical (unpaired) electrons. The molecular formula is C20H23F3N2O3S. The van der Waals surface area contributed by atoms with Crippen LogP contribution in [-0.4, -0.2) is 26.3 Å². The minimum absolute atomic E-state index is 0.0409. The number of carbonyl (C=O) groups excluding carboxylic acids is 1. The number of hydrogen-bond acceptors (Lipinski definition) is 3. The monoisotopic (exact) mass is 428 g/mol. The van der Waals surface area contributed by atoms with E-state index in [0.717, 1.165) is 12.1 Å². The molecule has 0 bridgehead atoms. The molecule has 0 aliphatic heterocycles. The molecule has 0 heterocycles. The van der Waals surface area contributed by atoms with Gasteiger partial charge in [-0.15, -0.1) is 0 Å². The van der Waals surface area contributed by atoms with Crippen LogP contribution in [0.4, 0.5) is 13.2 Å². The van der Waals surface area contributed by atoms with E-state index in [-0.39, 0.29) is 23.1 Å². The normalized spacial score (nSPS) is 14.3. The number of hydrogen-bond donors (Lipinski definition) is 1. The zero-order valence-electron chi connectivity index (χ0n) is 16.3. The van der Waals surface area contributed by atoms with Gasteiger partial charge in [-0.05, 0) is 48.2 Å². The number of rotatable bonds is 6. The SMILES string of the molecule is CC(CC(=O)N(C)C(C)c1cccc(S(N)(=O)=O)c1)c1ccc(C(F)(F)F)cc1. The van der Waals surface area contributed by atoms with Crippen molar-refractivity contribution in [3.05, 3.63) is 65.2 Å². The molecule has 2 rings (SSSR count). The molecule has 0 fully saturated rings. The summed E-state index contributed by atoms with van der Waals surface area (Å²) >= 11 is 0. The van der Waals surface area contributed by atoms with Gasteiger partial charge in [0, 0.05) is 13.5 Å². The van der Waals surface area contributed by atoms with Gasteiger partial charge in [0.2, 0.25) is 15.9 Å². The summed E-state index contributed by atoms with van der Waals surface area (Å²) in [5.41, 5.74) is 0.499. The fourth-order valence-electron chi connectivity index (χ4n) is 2.92. The van der Waals surface area contributed by atoms with Crippen molar-refractivity contribution in [2.24, 2.45) is 5.14 Å². The van der Waals surface area contributed by atoms with E-state index < -0.39 is 27.8 Å². The molecule has 0 aromatic heterocycles. The molecule has 0 spiro atoms. The topological polar surface area (TPSA) is 80.5 Å². The fourth-order valence-corrected chi connectivity index (χ4v) is 3.48. The molecule has 9 heteroatoms. The number of carbonyl (C=O) groups is 1. The molecule has 5 nitrogen and oxygen atoms in total. The summed E-state index contributed by atoms with van der Waals surface area (Å²) in [6.45, 7) is 3.52. The van der Waals surface area contributed by atoms with Crippen LogP contribution in [0, 0.1) is 0 Å². The van der Waals surface area contributed by atoms with Gasteiger partial charge in [0.1, 0.15) is 0 Å². The first-order valence-corrected chi connectivity index (χ1v) is 10.4. The summed E-state index contributed by atoms with van der Waals surface area (Å²) in [5, 5.41) is 5.15. The first kappa shape index (κ1) is 22.9. The lowest BCUT2D eigenvalue weighted by molar-refractivity contribution is -0.137. The van der Waals surface area contributed by atoms with Crippen LogP contribution >= 0.6 is 0 Å². The molecule has 0 aliphatic rings. The average Bonchev–Trinajstić information content (AvgIpc) is 2.65. The Kier molecular flexibility index (Phi) is 6.74. The predicted octanol–water partition coefficient (Wildman–Crippen LogP) is 4.07. The van der Waals surface area contributed by atoms with Crippen LogP contribution in [0.1, 0.15) is 48.9 Å². The Morgan fingerprint density at radius 2 is 1.66 bits per heavy atom. The third-order valence-corrected chi connectivity index (χ3v) is 5.84. The summed E-state index contributed by atoms with van der Waals surface area (Å²) < 4.78 is 61.1. The Balaban J connectivity index is 2.10. The van der Waals surface area contributed by atoms with Crippen LogP contribution in [0.2, 0.25) is 0 Å². The van der Waals surface area contributed by atoms with E-state index in [0.29, 0.717) is 11.1 Å². The van der Waals surface area contributed by atoms with Gasteiger partial charge in [0.25, 0.3) is 0 Å². The molecular weight excluding hydrogens is 405 g/mol. The zero-order chi connectivity index (χ0) is 22.0. The number of nitrogens with zero attached hydrogens (tertiary/aromatic N) is 1. The number of halogens is 3. The molecule has 0 saturated heterocycles. The van der Waals surface area contributed by atoms with Crippen molar-refractivity contribution in [3.63, 3.8) is 0 Å². The van der Waals surface area contributed by atoms with Crippen LogP contribution < -0.4 is 5.14 Å². The smallest absolute Gasteiger partial charge is 0.339 e. The summed E-state index contributed by atoms with van der Waals surface area (Å²) in [5.74, 6) is -0.499. The van der Waals surface area contributed by atoms with E-state index in [1.54, 1.807) is 33.0 Å². The second-order valence-corrected chi connectivity index (χ2v) is 8.58. The number of sulfonamides is 1. The first-order chi connectivity index (χ1) is 13.3. The second kappa shape index (κ2) is 8.54. The van der Waals surface area contributed by atoms with E-state index in [1.165, 1.54) is 29.2 Å². The highest BCUT2D eigenvalue weighted by molar-refractivity contribution is 7.89. The van der Waals surface area contributed by atoms with Crippen LogP contribution in [0.15, 0.2) is 53.4 Å². The standard InChI is InChI=1S/C20H23F3N2O3S/c1-13(15-7-9-17(10-8-15)20(21,22)23)11-19(26)25(3)14(2)16-5-4-6-18(12-16)29(24,27)28/h4-10,12-14H,11H2,1-3H3,(H2,24,27,28). The third kappa shape index (κ3) is 5.80. The molecule has 2 aromatic rings. The van der Waals surface area contributed by atoms with E-state index >= 15 is 0 Å². The number of benzene rings is 2. The summed E-state index contributed by atoms with van der Waals surface area (Å²) in [6, 6.07) is 10.4. The summed E-state index contributed by atoms with van der Waals surface area (Å²) in [6.07, 6.45) is -4.31. The van der Waals surface area contributed by atoms with Crippen LogP contribution in [0.3, 0.4) is 0 Å². The van der Waals surface area contributed by atoms with Crippen molar-refractivity contribution in [1.82, 2.24) is 4.90 Å². The quantitative estimate of drug-likeness (QED) is 0.753. The van der Waals surface area contributed by atoms with E-state index in [1.807, 2.05) is 0 Å². The van der Waals surface area contributed by atoms with Crippen LogP contribution in [-0.2, 0) is 21.0 Å². The lowest BCUT2D eigenvalue weighted by atomic mass is 9.95. The summed E-state index contributed by atoms with van der Waals surface area (Å²) in [7, 11) is -2.26. The Bertz CT molecular complexity index is 973. The number of nitrogens with two attached hydrogens (primary N) is 1. The van der Waals surface area contributed by atoms with Crippen molar-refractivity contribution >= 4 is 15.9 Å². The molecule has 29 heavy (non-hydrogen) atoms. The Labute approximate surface area is 168 Å². The van der Waals surface area contributed by atoms with Crippen molar-refractivity contribution in [3.8, 4) is 0 Å². The number of amides is 1. The van der Waals surface area contributed by atoms with Crippen molar-refractivity contribution in [2.75, 3.05) is 7.05 Å². The zero-order valence-corrected chi connectivity index (χ0v) is 17.1. The lowest BCUT2D eigenvalue weighted by Gasteiger charge is -2.27. The van der Waals surface area contributed by atoms with Gasteiger partial charge in [-0.25, -0.2) is 13.6 Å². The Hall–Kier alpha value is -2.39. The highest BCUT2D eigenvalue weighted by atomic mass is 32.2. The van der Waals surface area contributed by atoms with Crippen LogP contribution in [0.25, 0.3) is 0 Å². The highest BCUT2D eigenvalue weighted by Crippen LogP contribution is 2.31. The Morgan fingerprint density at radius 3 is 2.17 bits per heavy atom. The second-order valence-electron chi connectivity index (χ2n) is 7.02. The molecule has 2 aromatic carbocycles. The van der Waals surface area contributed by atoms with Gasteiger partial charge in [-0.2, -0.15) is 13.2 Å². The van der Waals surface area contributed by atoms with Gasteiger partial charge >= 0.3 is 6.18 Å². The molecule has 0 aliphatic carbocycles. The molecule has 1 amide bonds. The minimum atomic E-state index is -4.40. The molecule has 2 unspecified atom stereocenters. The average molecular weight is 428 g/mol. The van der Waals surface area contributed by atoms with Gasteiger partial charge in [0.15, 0.2) is 0 Å². The maximum atomic E-state index is 12.7. The lowest BCUT2D eigenvalue weighted by Crippen LogP contribution is -2.30. The van der Waals surface area contributed by atoms with Crippen molar-refractivity contribution in [1.29, 1.82) is 0 Å². The largest absolute Gasteiger partial charge is 0.416 e. The molecule has 0 saturated carbocycles. The van der Waals surface area contributed by atoms with Gasteiger partial charge in [0.05, 0.1) is 16.5 Å². The molecule has 2 N–H and O–H groups in total. The molecule has 158 valence electrons. The number of primary sulfonamides is 1. The number of alkyl halides is 3. The minimum Gasteiger partial charge on any atom is -0.339 e. The highest BCUT2D eigenvalue weighted by Gasteiger charge is 2.30. The van der Waals surface area contributed by atoms with E-state index in [9.17, 15) is 26.4 Å². The summed E-state index contributed by atoms with van der Waals surface area (Å²) in [4.78, 5) is 14.1. The maximum Gasteiger partial charge on any atom is 0.416 e. The van der Waals surface area contributed by atoms with E-state index in [2.05, 4.69) is 0 Å². The fraction of sp³-hybridized carbons (Fsp3) is 0.350. The molecule has 2 atom stereocenters. The maximum absolute atomic E-state index is 12.7.